The number of carbonyl (C=O) groups is 2. The maximum Gasteiger partial charge on any atom is 0.328 e. The van der Waals surface area contributed by atoms with Gasteiger partial charge in [0.15, 0.2) is 0 Å². The maximum atomic E-state index is 11.7. The molecule has 0 radical (unpaired) electrons. The average Bonchev–Trinajstić information content (AvgIpc) is 2.75. The Kier molecular flexibility index (Phi) is 2.35. The van der Waals surface area contributed by atoms with Gasteiger partial charge in [0.2, 0.25) is 5.91 Å². The van der Waals surface area contributed by atoms with Crippen LogP contribution < -0.4 is 10.2 Å². The fourth-order valence-electron chi connectivity index (χ4n) is 2.54. The molecule has 0 saturated carbocycles. The lowest BCUT2D eigenvalue weighted by Gasteiger charge is -2.26. The molecule has 3 rings (SSSR count). The number of nitrogens with one attached hydrogen (secondary N) is 1. The second-order valence-corrected chi connectivity index (χ2v) is 4.56. The zero-order chi connectivity index (χ0) is 11.8. The van der Waals surface area contributed by atoms with E-state index in [0.717, 1.165) is 18.5 Å². The van der Waals surface area contributed by atoms with Crippen molar-refractivity contribution in [2.45, 2.75) is 25.7 Å². The quantitative estimate of drug-likeness (QED) is 0.797. The molecule has 2 aliphatic rings. The molecule has 1 aromatic rings. The van der Waals surface area contributed by atoms with E-state index in [0.29, 0.717) is 13.0 Å². The monoisotopic (exact) mass is 230 g/mol. The van der Waals surface area contributed by atoms with E-state index >= 15 is 0 Å². The first-order valence-corrected chi connectivity index (χ1v) is 5.97. The van der Waals surface area contributed by atoms with Crippen molar-refractivity contribution in [1.29, 1.82) is 0 Å². The molecule has 0 atom stereocenters. The van der Waals surface area contributed by atoms with Crippen LogP contribution in [0.15, 0.2) is 18.2 Å². The minimum absolute atomic E-state index is 0.188. The molecular formula is C13H14N2O2. The molecule has 0 spiro atoms. The van der Waals surface area contributed by atoms with Gasteiger partial charge < -0.3 is 0 Å². The summed E-state index contributed by atoms with van der Waals surface area (Å²) in [7, 11) is 0. The van der Waals surface area contributed by atoms with Crippen molar-refractivity contribution in [2.24, 2.45) is 0 Å². The van der Waals surface area contributed by atoms with E-state index in [4.69, 9.17) is 0 Å². The molecule has 1 fully saturated rings. The van der Waals surface area contributed by atoms with Crippen molar-refractivity contribution in [2.75, 3.05) is 11.4 Å². The number of nitrogens with zero attached hydrogens (tertiary/aromatic N) is 1. The summed E-state index contributed by atoms with van der Waals surface area (Å²) in [5.41, 5.74) is 3.63. The van der Waals surface area contributed by atoms with Crippen molar-refractivity contribution >= 4 is 17.6 Å². The molecule has 1 N–H and O–H groups in total. The van der Waals surface area contributed by atoms with E-state index in [-0.39, 0.29) is 11.9 Å². The number of fused-ring (bicyclic) bond motifs is 1. The Morgan fingerprint density at radius 3 is 2.71 bits per heavy atom. The fourth-order valence-corrected chi connectivity index (χ4v) is 2.54. The number of hydrogen-bond donors (Lipinski definition) is 1. The minimum Gasteiger partial charge on any atom is -0.294 e. The number of imide groups is 1. The number of carbonyl (C=O) groups excluding carboxylic acids is 2. The molecule has 17 heavy (non-hydrogen) atoms. The van der Waals surface area contributed by atoms with Crippen LogP contribution in [0, 0.1) is 0 Å². The lowest BCUT2D eigenvalue weighted by molar-refractivity contribution is -0.120. The van der Waals surface area contributed by atoms with E-state index < -0.39 is 0 Å². The van der Waals surface area contributed by atoms with Gasteiger partial charge in [-0.05, 0) is 42.5 Å². The van der Waals surface area contributed by atoms with Crippen molar-refractivity contribution in [3.8, 4) is 0 Å². The van der Waals surface area contributed by atoms with Crippen molar-refractivity contribution in [3.05, 3.63) is 29.3 Å². The van der Waals surface area contributed by atoms with Crippen LogP contribution >= 0.6 is 0 Å². The summed E-state index contributed by atoms with van der Waals surface area (Å²) >= 11 is 0. The molecule has 88 valence electrons. The molecule has 4 heteroatoms. The highest BCUT2D eigenvalue weighted by Gasteiger charge is 2.25. The molecule has 0 bridgehead atoms. The first-order chi connectivity index (χ1) is 8.24. The van der Waals surface area contributed by atoms with E-state index in [9.17, 15) is 9.59 Å². The third-order valence-electron chi connectivity index (χ3n) is 3.45. The Balaban J connectivity index is 1.89. The SMILES string of the molecule is O=C1CCN(c2ccc3c(c2)CCC3)C(=O)N1. The number of urea groups is 1. The van der Waals surface area contributed by atoms with Gasteiger partial charge in [0, 0.05) is 18.7 Å². The van der Waals surface area contributed by atoms with Crippen molar-refractivity contribution in [3.63, 3.8) is 0 Å². The zero-order valence-corrected chi connectivity index (χ0v) is 9.53. The van der Waals surface area contributed by atoms with Gasteiger partial charge in [-0.15, -0.1) is 0 Å². The normalized spacial score (nSPS) is 19.2. The lowest BCUT2D eigenvalue weighted by Crippen LogP contribution is -2.49. The Bertz CT molecular complexity index is 496. The second-order valence-electron chi connectivity index (χ2n) is 4.56. The summed E-state index contributed by atoms with van der Waals surface area (Å²) in [6.07, 6.45) is 3.81. The minimum atomic E-state index is -0.306. The largest absolute Gasteiger partial charge is 0.328 e. The Labute approximate surface area is 99.6 Å². The van der Waals surface area contributed by atoms with Crippen LogP contribution in [0.2, 0.25) is 0 Å². The van der Waals surface area contributed by atoms with Crippen LogP contribution in [0.5, 0.6) is 0 Å². The van der Waals surface area contributed by atoms with Gasteiger partial charge in [-0.1, -0.05) is 6.07 Å². The smallest absolute Gasteiger partial charge is 0.294 e. The van der Waals surface area contributed by atoms with Gasteiger partial charge in [0.05, 0.1) is 0 Å². The van der Waals surface area contributed by atoms with Crippen LogP contribution in [0.25, 0.3) is 0 Å². The van der Waals surface area contributed by atoms with Gasteiger partial charge in [-0.2, -0.15) is 0 Å². The molecule has 1 saturated heterocycles. The first kappa shape index (κ1) is 10.3. The van der Waals surface area contributed by atoms with Crippen LogP contribution in [-0.2, 0) is 17.6 Å². The van der Waals surface area contributed by atoms with Gasteiger partial charge in [0.25, 0.3) is 0 Å². The summed E-state index contributed by atoms with van der Waals surface area (Å²) in [6, 6.07) is 5.85. The molecule has 3 amide bonds. The van der Waals surface area contributed by atoms with E-state index in [1.807, 2.05) is 6.07 Å². The van der Waals surface area contributed by atoms with Gasteiger partial charge >= 0.3 is 6.03 Å². The zero-order valence-electron chi connectivity index (χ0n) is 9.53. The number of aryl methyl sites for hydroxylation is 2. The third kappa shape index (κ3) is 1.79. The summed E-state index contributed by atoms with van der Waals surface area (Å²) in [5, 5.41) is 2.34. The molecule has 1 heterocycles. The predicted octanol–water partition coefficient (Wildman–Crippen LogP) is 1.62. The molecule has 1 aliphatic carbocycles. The van der Waals surface area contributed by atoms with Crippen molar-refractivity contribution < 1.29 is 9.59 Å². The number of hydrogen-bond acceptors (Lipinski definition) is 2. The maximum absolute atomic E-state index is 11.7. The van der Waals surface area contributed by atoms with E-state index in [1.54, 1.807) is 4.90 Å². The Hall–Kier alpha value is -1.84. The summed E-state index contributed by atoms with van der Waals surface area (Å²) in [4.78, 5) is 24.4. The van der Waals surface area contributed by atoms with E-state index in [1.165, 1.54) is 17.5 Å². The first-order valence-electron chi connectivity index (χ1n) is 5.97. The molecule has 1 aliphatic heterocycles. The summed E-state index contributed by atoms with van der Waals surface area (Å²) < 4.78 is 0. The van der Waals surface area contributed by atoms with Crippen LogP contribution in [0.3, 0.4) is 0 Å². The van der Waals surface area contributed by atoms with Crippen LogP contribution in [-0.4, -0.2) is 18.5 Å². The van der Waals surface area contributed by atoms with Crippen LogP contribution in [0.4, 0.5) is 10.5 Å². The number of benzene rings is 1. The highest BCUT2D eigenvalue weighted by molar-refractivity contribution is 6.05. The van der Waals surface area contributed by atoms with Gasteiger partial charge in [-0.25, -0.2) is 4.79 Å². The number of amides is 3. The molecule has 0 unspecified atom stereocenters. The molecule has 1 aromatic carbocycles. The highest BCUT2D eigenvalue weighted by atomic mass is 16.2. The van der Waals surface area contributed by atoms with Gasteiger partial charge in [0.1, 0.15) is 0 Å². The van der Waals surface area contributed by atoms with Crippen LogP contribution in [0.1, 0.15) is 24.0 Å². The highest BCUT2D eigenvalue weighted by Crippen LogP contribution is 2.27. The van der Waals surface area contributed by atoms with Gasteiger partial charge in [-0.3, -0.25) is 15.0 Å². The molecule has 4 nitrogen and oxygen atoms in total. The average molecular weight is 230 g/mol. The summed E-state index contributed by atoms with van der Waals surface area (Å²) in [5.74, 6) is -0.188. The number of rotatable bonds is 1. The number of anilines is 1. The standard InChI is InChI=1S/C13H14N2O2/c16-12-6-7-15(13(17)14-12)11-5-4-9-2-1-3-10(9)8-11/h4-5,8H,1-3,6-7H2,(H,14,16,17). The summed E-state index contributed by atoms with van der Waals surface area (Å²) in [6.45, 7) is 0.476. The molecule has 0 aromatic heterocycles. The topological polar surface area (TPSA) is 49.4 Å². The fraction of sp³-hybridized carbons (Fsp3) is 0.385. The van der Waals surface area contributed by atoms with E-state index in [2.05, 4.69) is 17.4 Å². The Morgan fingerprint density at radius 1 is 1.06 bits per heavy atom. The Morgan fingerprint density at radius 2 is 1.88 bits per heavy atom. The predicted molar refractivity (Wildman–Crippen MR) is 64.0 cm³/mol. The second kappa shape index (κ2) is 3.87. The molecular weight excluding hydrogens is 216 g/mol. The lowest BCUT2D eigenvalue weighted by atomic mass is 10.1. The third-order valence-corrected chi connectivity index (χ3v) is 3.45. The van der Waals surface area contributed by atoms with Crippen molar-refractivity contribution in [1.82, 2.24) is 5.32 Å².